The van der Waals surface area contributed by atoms with Crippen LogP contribution >= 0.6 is 0 Å². The van der Waals surface area contributed by atoms with Crippen molar-refractivity contribution in [2.45, 2.75) is 12.5 Å². The van der Waals surface area contributed by atoms with Crippen molar-refractivity contribution in [3.63, 3.8) is 0 Å². The van der Waals surface area contributed by atoms with E-state index in [4.69, 9.17) is 0 Å². The van der Waals surface area contributed by atoms with Gasteiger partial charge in [-0.05, 0) is 12.1 Å². The van der Waals surface area contributed by atoms with Crippen molar-refractivity contribution in [1.29, 1.82) is 0 Å². The fourth-order valence-corrected chi connectivity index (χ4v) is 2.16. The van der Waals surface area contributed by atoms with Crippen molar-refractivity contribution < 1.29 is 14.4 Å². The summed E-state index contributed by atoms with van der Waals surface area (Å²) in [5.41, 5.74) is 0.795. The number of benzene rings is 1. The average Bonchev–Trinajstić information content (AvgIpc) is 2.95. The number of aromatic amines is 1. The zero-order valence-corrected chi connectivity index (χ0v) is 11.4. The van der Waals surface area contributed by atoms with Crippen LogP contribution < -0.4 is 16.0 Å². The van der Waals surface area contributed by atoms with Crippen LogP contribution in [0.1, 0.15) is 16.8 Å². The molecule has 1 unspecified atom stereocenters. The highest BCUT2D eigenvalue weighted by Gasteiger charge is 2.29. The van der Waals surface area contributed by atoms with Crippen LogP contribution in [0.25, 0.3) is 0 Å². The summed E-state index contributed by atoms with van der Waals surface area (Å²) in [7, 11) is 0. The number of imidazole rings is 1. The van der Waals surface area contributed by atoms with Crippen LogP contribution in [0, 0.1) is 0 Å². The van der Waals surface area contributed by atoms with Crippen LogP contribution in [-0.2, 0) is 9.59 Å². The minimum Gasteiger partial charge on any atom is -0.340 e. The molecule has 112 valence electrons. The number of H-pyrrole nitrogens is 1. The summed E-state index contributed by atoms with van der Waals surface area (Å²) >= 11 is 0. The van der Waals surface area contributed by atoms with Crippen LogP contribution in [-0.4, -0.2) is 33.7 Å². The lowest BCUT2D eigenvalue weighted by atomic mass is 10.1. The van der Waals surface area contributed by atoms with Crippen LogP contribution in [0.2, 0.25) is 0 Å². The molecular formula is C14H13N5O3. The summed E-state index contributed by atoms with van der Waals surface area (Å²) < 4.78 is 0. The molecule has 0 radical (unpaired) electrons. The second-order valence-electron chi connectivity index (χ2n) is 4.75. The van der Waals surface area contributed by atoms with Crippen LogP contribution in [0.15, 0.2) is 36.7 Å². The quantitative estimate of drug-likeness (QED) is 0.660. The van der Waals surface area contributed by atoms with Gasteiger partial charge in [0.15, 0.2) is 0 Å². The Bertz CT molecular complexity index is 726. The number of hydrogen-bond acceptors (Lipinski definition) is 4. The summed E-state index contributed by atoms with van der Waals surface area (Å²) in [6, 6.07) is 5.72. The van der Waals surface area contributed by atoms with E-state index in [2.05, 4.69) is 25.9 Å². The van der Waals surface area contributed by atoms with Gasteiger partial charge in [0.2, 0.25) is 17.8 Å². The first-order valence-electron chi connectivity index (χ1n) is 6.63. The molecule has 3 amide bonds. The highest BCUT2D eigenvalue weighted by atomic mass is 16.2. The lowest BCUT2D eigenvalue weighted by molar-refractivity contribution is -0.122. The molecule has 0 aliphatic carbocycles. The molecule has 1 aromatic carbocycles. The molecule has 3 rings (SSSR count). The number of aromatic nitrogens is 2. The highest BCUT2D eigenvalue weighted by molar-refractivity contribution is 6.11. The standard InChI is InChI=1S/C14H13N5O3/c20-11(19-14-15-5-6-16-14)7-10-13(22)17-9-4-2-1-3-8(9)12(21)18-10/h1-6,10H,7H2,(H,17,22)(H,18,21)(H2,15,16,19,20). The van der Waals surface area contributed by atoms with Crippen molar-refractivity contribution in [1.82, 2.24) is 15.3 Å². The molecule has 1 aliphatic rings. The fraction of sp³-hybridized carbons (Fsp3) is 0.143. The van der Waals surface area contributed by atoms with Gasteiger partial charge in [-0.1, -0.05) is 12.1 Å². The predicted molar refractivity (Wildman–Crippen MR) is 78.2 cm³/mol. The number of anilines is 2. The molecule has 8 nitrogen and oxygen atoms in total. The van der Waals surface area contributed by atoms with Crippen molar-refractivity contribution in [3.8, 4) is 0 Å². The number of nitrogens with one attached hydrogen (secondary N) is 4. The maximum absolute atomic E-state index is 12.1. The molecule has 0 saturated heterocycles. The van der Waals surface area contributed by atoms with Gasteiger partial charge < -0.3 is 15.6 Å². The van der Waals surface area contributed by atoms with Gasteiger partial charge in [-0.2, -0.15) is 0 Å². The summed E-state index contributed by atoms with van der Waals surface area (Å²) in [5.74, 6) is -0.979. The van der Waals surface area contributed by atoms with Crippen molar-refractivity contribution in [2.24, 2.45) is 0 Å². The summed E-state index contributed by atoms with van der Waals surface area (Å²) in [6.45, 7) is 0. The first-order valence-corrected chi connectivity index (χ1v) is 6.63. The number of rotatable bonds is 3. The molecule has 0 fully saturated rings. The lowest BCUT2D eigenvalue weighted by Crippen LogP contribution is -2.43. The molecule has 0 bridgehead atoms. The van der Waals surface area contributed by atoms with Gasteiger partial charge in [-0.15, -0.1) is 0 Å². The number of carbonyl (C=O) groups is 3. The van der Waals surface area contributed by atoms with E-state index in [1.807, 2.05) is 0 Å². The average molecular weight is 299 g/mol. The second kappa shape index (κ2) is 5.68. The Labute approximate surface area is 125 Å². The summed E-state index contributed by atoms with van der Waals surface area (Å²) in [5, 5.41) is 7.70. The van der Waals surface area contributed by atoms with Crippen molar-refractivity contribution in [3.05, 3.63) is 42.2 Å². The van der Waals surface area contributed by atoms with Crippen molar-refractivity contribution in [2.75, 3.05) is 10.6 Å². The first kappa shape index (κ1) is 13.8. The van der Waals surface area contributed by atoms with Gasteiger partial charge in [0.05, 0.1) is 17.7 Å². The Kier molecular flexibility index (Phi) is 3.57. The van der Waals surface area contributed by atoms with Gasteiger partial charge in [-0.3, -0.25) is 19.7 Å². The molecule has 8 heteroatoms. The van der Waals surface area contributed by atoms with Crippen molar-refractivity contribution >= 4 is 29.4 Å². The number of para-hydroxylation sites is 1. The number of nitrogens with zero attached hydrogens (tertiary/aromatic N) is 1. The Morgan fingerprint density at radius 2 is 2.09 bits per heavy atom. The fourth-order valence-electron chi connectivity index (χ4n) is 2.16. The molecule has 1 aliphatic heterocycles. The topological polar surface area (TPSA) is 116 Å². The molecule has 0 spiro atoms. The first-order chi connectivity index (χ1) is 10.6. The zero-order chi connectivity index (χ0) is 15.5. The normalized spacial score (nSPS) is 17.0. The Morgan fingerprint density at radius 3 is 2.86 bits per heavy atom. The number of fused-ring (bicyclic) bond motifs is 1. The number of hydrogen-bond donors (Lipinski definition) is 4. The number of amides is 3. The number of carbonyl (C=O) groups excluding carboxylic acids is 3. The predicted octanol–water partition coefficient (Wildman–Crippen LogP) is 0.489. The van der Waals surface area contributed by atoms with E-state index in [1.54, 1.807) is 30.5 Å². The second-order valence-corrected chi connectivity index (χ2v) is 4.75. The van der Waals surface area contributed by atoms with E-state index >= 15 is 0 Å². The summed E-state index contributed by atoms with van der Waals surface area (Å²) in [6.07, 6.45) is 2.87. The highest BCUT2D eigenvalue weighted by Crippen LogP contribution is 2.18. The molecular weight excluding hydrogens is 286 g/mol. The molecule has 22 heavy (non-hydrogen) atoms. The third-order valence-corrected chi connectivity index (χ3v) is 3.20. The third kappa shape index (κ3) is 2.80. The maximum Gasteiger partial charge on any atom is 0.254 e. The SMILES string of the molecule is O=C(CC1NC(=O)c2ccccc2NC1=O)Nc1ncc[nH]1. The third-order valence-electron chi connectivity index (χ3n) is 3.20. The Morgan fingerprint density at radius 1 is 1.27 bits per heavy atom. The van der Waals surface area contributed by atoms with Crippen LogP contribution in [0.4, 0.5) is 11.6 Å². The smallest absolute Gasteiger partial charge is 0.254 e. The minimum absolute atomic E-state index is 0.188. The van der Waals surface area contributed by atoms with E-state index in [-0.39, 0.29) is 12.4 Å². The van der Waals surface area contributed by atoms with Gasteiger partial charge in [-0.25, -0.2) is 4.98 Å². The van der Waals surface area contributed by atoms with Gasteiger partial charge in [0.1, 0.15) is 6.04 Å². The lowest BCUT2D eigenvalue weighted by Gasteiger charge is -2.13. The van der Waals surface area contributed by atoms with E-state index in [1.165, 1.54) is 6.20 Å². The monoisotopic (exact) mass is 299 g/mol. The molecule has 4 N–H and O–H groups in total. The largest absolute Gasteiger partial charge is 0.340 e. The van der Waals surface area contributed by atoms with Gasteiger partial charge >= 0.3 is 0 Å². The Hall–Kier alpha value is -3.16. The van der Waals surface area contributed by atoms with E-state index in [0.717, 1.165) is 0 Å². The summed E-state index contributed by atoms with van der Waals surface area (Å²) in [4.78, 5) is 42.7. The molecule has 2 aromatic rings. The van der Waals surface area contributed by atoms with E-state index in [9.17, 15) is 14.4 Å². The molecule has 2 heterocycles. The van der Waals surface area contributed by atoms with Crippen LogP contribution in [0.5, 0.6) is 0 Å². The minimum atomic E-state index is -0.949. The van der Waals surface area contributed by atoms with Crippen LogP contribution in [0.3, 0.4) is 0 Å². The maximum atomic E-state index is 12.1. The van der Waals surface area contributed by atoms with E-state index < -0.39 is 23.8 Å². The molecule has 1 atom stereocenters. The van der Waals surface area contributed by atoms with E-state index in [0.29, 0.717) is 11.3 Å². The molecule has 1 aromatic heterocycles. The molecule has 0 saturated carbocycles. The van der Waals surface area contributed by atoms with Gasteiger partial charge in [0, 0.05) is 12.4 Å². The zero-order valence-electron chi connectivity index (χ0n) is 11.4. The van der Waals surface area contributed by atoms with Gasteiger partial charge in [0.25, 0.3) is 5.91 Å². The Balaban J connectivity index is 1.71.